The van der Waals surface area contributed by atoms with Gasteiger partial charge < -0.3 is 5.32 Å². The third-order valence-electron chi connectivity index (χ3n) is 3.55. The molecule has 0 unspecified atom stereocenters. The predicted octanol–water partition coefficient (Wildman–Crippen LogP) is 4.38. The van der Waals surface area contributed by atoms with Crippen LogP contribution in [0.25, 0.3) is 0 Å². The van der Waals surface area contributed by atoms with Crippen molar-refractivity contribution in [3.05, 3.63) is 75.5 Å². The fraction of sp³-hybridized carbons (Fsp3) is 0.211. The van der Waals surface area contributed by atoms with Crippen molar-refractivity contribution in [3.8, 4) is 0 Å². The van der Waals surface area contributed by atoms with Crippen LogP contribution in [0.15, 0.2) is 52.7 Å². The Bertz CT molecular complexity index is 859. The van der Waals surface area contributed by atoms with Gasteiger partial charge >= 0.3 is 0 Å². The van der Waals surface area contributed by atoms with Gasteiger partial charge in [0.05, 0.1) is 22.9 Å². The number of nitrogens with one attached hydrogen (secondary N) is 1. The van der Waals surface area contributed by atoms with E-state index in [1.807, 2.05) is 56.3 Å². The molecule has 2 aromatic heterocycles. The van der Waals surface area contributed by atoms with E-state index in [9.17, 15) is 4.79 Å². The lowest BCUT2D eigenvalue weighted by atomic mass is 10.2. The minimum atomic E-state index is -0.0880. The number of aryl methyl sites for hydroxylation is 2. The molecule has 2 heterocycles. The molecule has 3 aromatic rings. The van der Waals surface area contributed by atoms with Crippen LogP contribution in [0.5, 0.6) is 0 Å². The van der Waals surface area contributed by atoms with E-state index in [1.165, 1.54) is 0 Å². The van der Waals surface area contributed by atoms with Crippen LogP contribution in [0.2, 0.25) is 0 Å². The van der Waals surface area contributed by atoms with Gasteiger partial charge in [0.15, 0.2) is 0 Å². The normalized spacial score (nSPS) is 10.6. The molecule has 0 aliphatic heterocycles. The zero-order valence-electron chi connectivity index (χ0n) is 14.2. The average Bonchev–Trinajstić information content (AvgIpc) is 3.04. The Balaban J connectivity index is 1.53. The number of hydrogen-bond acceptors (Lipinski definition) is 5. The summed E-state index contributed by atoms with van der Waals surface area (Å²) in [5.74, 6) is 0.754. The fourth-order valence-electron chi connectivity index (χ4n) is 2.31. The molecular weight excluding hydrogens is 350 g/mol. The topological polar surface area (TPSA) is 54.9 Å². The number of hydrogen-bond donors (Lipinski definition) is 1. The number of rotatable bonds is 6. The van der Waals surface area contributed by atoms with E-state index in [0.29, 0.717) is 12.1 Å². The third kappa shape index (κ3) is 5.14. The quantitative estimate of drug-likeness (QED) is 0.655. The lowest BCUT2D eigenvalue weighted by Gasteiger charge is -2.06. The first-order valence-corrected chi connectivity index (χ1v) is 9.81. The molecule has 1 N–H and O–H groups in total. The summed E-state index contributed by atoms with van der Waals surface area (Å²) >= 11 is 3.39. The molecule has 25 heavy (non-hydrogen) atoms. The Morgan fingerprint density at radius 1 is 1.08 bits per heavy atom. The molecular formula is C19H19N3OS2. The van der Waals surface area contributed by atoms with Crippen LogP contribution in [0.4, 0.5) is 0 Å². The Hall–Kier alpha value is -2.18. The second kappa shape index (κ2) is 8.27. The molecule has 0 aliphatic rings. The standard InChI is InChI=1S/C19H19N3OS2/c1-13-4-3-5-16(21-13)10-20-19(23)15-6-8-18(9-7-15)25-12-17-11-24-14(2)22-17/h3-9,11H,10,12H2,1-2H3,(H,20,23). The van der Waals surface area contributed by atoms with Gasteiger partial charge in [0, 0.05) is 27.3 Å². The van der Waals surface area contributed by atoms with Gasteiger partial charge in [-0.2, -0.15) is 0 Å². The molecule has 0 spiro atoms. The molecule has 0 fully saturated rings. The van der Waals surface area contributed by atoms with Crippen LogP contribution in [-0.2, 0) is 12.3 Å². The Morgan fingerprint density at radius 2 is 1.88 bits per heavy atom. The number of carbonyl (C=O) groups excluding carboxylic acids is 1. The van der Waals surface area contributed by atoms with Crippen LogP contribution in [0.1, 0.15) is 32.4 Å². The van der Waals surface area contributed by atoms with E-state index in [4.69, 9.17) is 0 Å². The summed E-state index contributed by atoms with van der Waals surface area (Å²) in [4.78, 5) is 22.2. The van der Waals surface area contributed by atoms with Crippen molar-refractivity contribution in [2.24, 2.45) is 0 Å². The Kier molecular flexibility index (Phi) is 5.83. The maximum atomic E-state index is 12.2. The zero-order valence-corrected chi connectivity index (χ0v) is 15.8. The molecule has 0 radical (unpaired) electrons. The van der Waals surface area contributed by atoms with Gasteiger partial charge in [0.25, 0.3) is 5.91 Å². The zero-order chi connectivity index (χ0) is 17.6. The van der Waals surface area contributed by atoms with Gasteiger partial charge in [-0.3, -0.25) is 9.78 Å². The number of nitrogens with zero attached hydrogens (tertiary/aromatic N) is 2. The van der Waals surface area contributed by atoms with Crippen LogP contribution in [0.3, 0.4) is 0 Å². The van der Waals surface area contributed by atoms with Crippen molar-refractivity contribution in [2.75, 3.05) is 0 Å². The van der Waals surface area contributed by atoms with Crippen molar-refractivity contribution in [2.45, 2.75) is 31.0 Å². The molecule has 0 bridgehead atoms. The van der Waals surface area contributed by atoms with E-state index in [-0.39, 0.29) is 5.91 Å². The molecule has 1 amide bonds. The first-order valence-electron chi connectivity index (χ1n) is 7.95. The summed E-state index contributed by atoms with van der Waals surface area (Å²) < 4.78 is 0. The van der Waals surface area contributed by atoms with Crippen molar-refractivity contribution in [1.82, 2.24) is 15.3 Å². The summed E-state index contributed by atoms with van der Waals surface area (Å²) in [7, 11) is 0. The summed E-state index contributed by atoms with van der Waals surface area (Å²) in [6, 6.07) is 13.5. The van der Waals surface area contributed by atoms with Crippen LogP contribution in [-0.4, -0.2) is 15.9 Å². The molecule has 6 heteroatoms. The number of carbonyl (C=O) groups is 1. The van der Waals surface area contributed by atoms with Gasteiger partial charge in [0.2, 0.25) is 0 Å². The smallest absolute Gasteiger partial charge is 0.251 e. The van der Waals surface area contributed by atoms with Gasteiger partial charge in [-0.05, 0) is 50.2 Å². The van der Waals surface area contributed by atoms with Crippen LogP contribution < -0.4 is 5.32 Å². The minimum Gasteiger partial charge on any atom is -0.346 e. The molecule has 128 valence electrons. The highest BCUT2D eigenvalue weighted by atomic mass is 32.2. The fourth-order valence-corrected chi connectivity index (χ4v) is 3.81. The van der Waals surface area contributed by atoms with Crippen LogP contribution in [0, 0.1) is 13.8 Å². The second-order valence-electron chi connectivity index (χ2n) is 5.62. The summed E-state index contributed by atoms with van der Waals surface area (Å²) in [6.45, 7) is 4.38. The molecule has 4 nitrogen and oxygen atoms in total. The maximum absolute atomic E-state index is 12.2. The number of benzene rings is 1. The van der Waals surface area contributed by atoms with E-state index < -0.39 is 0 Å². The minimum absolute atomic E-state index is 0.0880. The van der Waals surface area contributed by atoms with Crippen LogP contribution >= 0.6 is 23.1 Å². The first-order chi connectivity index (χ1) is 12.1. The molecule has 0 aliphatic carbocycles. The Labute approximate surface area is 155 Å². The number of amides is 1. The van der Waals surface area contributed by atoms with Gasteiger partial charge in [-0.25, -0.2) is 4.98 Å². The molecule has 3 rings (SSSR count). The van der Waals surface area contributed by atoms with Gasteiger partial charge in [-0.15, -0.1) is 23.1 Å². The monoisotopic (exact) mass is 369 g/mol. The highest BCUT2D eigenvalue weighted by Gasteiger charge is 2.06. The Morgan fingerprint density at radius 3 is 2.56 bits per heavy atom. The van der Waals surface area contributed by atoms with Crippen molar-refractivity contribution < 1.29 is 4.79 Å². The van der Waals surface area contributed by atoms with Crippen molar-refractivity contribution in [1.29, 1.82) is 0 Å². The summed E-state index contributed by atoms with van der Waals surface area (Å²) in [6.07, 6.45) is 0. The summed E-state index contributed by atoms with van der Waals surface area (Å²) in [5, 5.41) is 6.08. The maximum Gasteiger partial charge on any atom is 0.251 e. The SMILES string of the molecule is Cc1cccc(CNC(=O)c2ccc(SCc3csc(C)n3)cc2)n1. The van der Waals surface area contributed by atoms with Gasteiger partial charge in [0.1, 0.15) is 0 Å². The number of aromatic nitrogens is 2. The highest BCUT2D eigenvalue weighted by molar-refractivity contribution is 7.98. The highest BCUT2D eigenvalue weighted by Crippen LogP contribution is 2.23. The number of pyridine rings is 1. The molecule has 0 saturated heterocycles. The summed E-state index contributed by atoms with van der Waals surface area (Å²) in [5.41, 5.74) is 3.56. The lowest BCUT2D eigenvalue weighted by Crippen LogP contribution is -2.23. The average molecular weight is 370 g/mol. The molecule has 0 atom stereocenters. The largest absolute Gasteiger partial charge is 0.346 e. The second-order valence-corrected chi connectivity index (χ2v) is 7.73. The number of thioether (sulfide) groups is 1. The van der Waals surface area contributed by atoms with Crippen molar-refractivity contribution >= 4 is 29.0 Å². The van der Waals surface area contributed by atoms with E-state index in [1.54, 1.807) is 23.1 Å². The third-order valence-corrected chi connectivity index (χ3v) is 5.41. The van der Waals surface area contributed by atoms with E-state index in [2.05, 4.69) is 20.7 Å². The first kappa shape index (κ1) is 17.6. The van der Waals surface area contributed by atoms with Crippen molar-refractivity contribution in [3.63, 3.8) is 0 Å². The molecule has 0 saturated carbocycles. The van der Waals surface area contributed by atoms with E-state index in [0.717, 1.165) is 32.7 Å². The predicted molar refractivity (Wildman–Crippen MR) is 103 cm³/mol. The number of thiazole rings is 1. The molecule has 1 aromatic carbocycles. The van der Waals surface area contributed by atoms with Gasteiger partial charge in [-0.1, -0.05) is 6.07 Å². The van der Waals surface area contributed by atoms with E-state index >= 15 is 0 Å². The lowest BCUT2D eigenvalue weighted by molar-refractivity contribution is 0.0950.